The average molecular weight is 270 g/mol. The number of anilines is 1. The van der Waals surface area contributed by atoms with E-state index in [2.05, 4.69) is 42.3 Å². The lowest BCUT2D eigenvalue weighted by molar-refractivity contribution is 0.292. The Hall–Kier alpha value is -2.03. The smallest absolute Gasteiger partial charge is 0.213 e. The lowest BCUT2D eigenvalue weighted by atomic mass is 10.0. The van der Waals surface area contributed by atoms with Crippen LogP contribution in [0, 0.1) is 0 Å². The summed E-state index contributed by atoms with van der Waals surface area (Å²) in [6.07, 6.45) is 1.92. The zero-order chi connectivity index (χ0) is 14.4. The van der Waals surface area contributed by atoms with E-state index in [-0.39, 0.29) is 0 Å². The molecule has 0 fully saturated rings. The van der Waals surface area contributed by atoms with Gasteiger partial charge in [0.1, 0.15) is 6.61 Å². The summed E-state index contributed by atoms with van der Waals surface area (Å²) in [6.45, 7) is 4.80. The summed E-state index contributed by atoms with van der Waals surface area (Å²) in [6, 6.07) is 12.2. The van der Waals surface area contributed by atoms with Crippen molar-refractivity contribution in [1.82, 2.24) is 4.98 Å². The van der Waals surface area contributed by atoms with Gasteiger partial charge in [-0.1, -0.05) is 32.0 Å². The van der Waals surface area contributed by atoms with Crippen molar-refractivity contribution in [3.8, 4) is 5.88 Å². The van der Waals surface area contributed by atoms with Gasteiger partial charge in [-0.2, -0.15) is 0 Å². The summed E-state index contributed by atoms with van der Waals surface area (Å²) in [4.78, 5) is 4.47. The Morgan fingerprint density at radius 1 is 1.05 bits per heavy atom. The lowest BCUT2D eigenvalue weighted by Crippen LogP contribution is -2.05. The molecule has 106 valence electrons. The fourth-order valence-corrected chi connectivity index (χ4v) is 2.25. The fourth-order valence-electron chi connectivity index (χ4n) is 2.25. The Morgan fingerprint density at radius 3 is 2.55 bits per heavy atom. The Labute approximate surface area is 121 Å². The molecule has 1 N–H and O–H groups in total. The highest BCUT2D eigenvalue weighted by Gasteiger charge is 2.07. The minimum Gasteiger partial charge on any atom is -0.473 e. The highest BCUT2D eigenvalue weighted by Crippen LogP contribution is 2.22. The van der Waals surface area contributed by atoms with Crippen molar-refractivity contribution in [2.75, 3.05) is 12.4 Å². The number of hydrogen-bond acceptors (Lipinski definition) is 3. The van der Waals surface area contributed by atoms with Crippen molar-refractivity contribution in [2.45, 2.75) is 33.3 Å². The third kappa shape index (κ3) is 3.29. The molecule has 0 atom stereocenters. The zero-order valence-corrected chi connectivity index (χ0v) is 12.4. The first-order valence-corrected chi connectivity index (χ1v) is 7.15. The van der Waals surface area contributed by atoms with E-state index in [9.17, 15) is 0 Å². The van der Waals surface area contributed by atoms with E-state index in [1.165, 1.54) is 11.1 Å². The van der Waals surface area contributed by atoms with E-state index in [1.54, 1.807) is 0 Å². The van der Waals surface area contributed by atoms with Crippen molar-refractivity contribution < 1.29 is 4.74 Å². The number of nitrogens with zero attached hydrogens (tertiary/aromatic N) is 1. The molecule has 2 rings (SSSR count). The van der Waals surface area contributed by atoms with Crippen LogP contribution in [0.25, 0.3) is 0 Å². The maximum absolute atomic E-state index is 5.87. The maximum Gasteiger partial charge on any atom is 0.213 e. The van der Waals surface area contributed by atoms with Crippen LogP contribution in [0.3, 0.4) is 0 Å². The van der Waals surface area contributed by atoms with Gasteiger partial charge in [0.2, 0.25) is 5.88 Å². The number of aryl methyl sites for hydroxylation is 2. The Bertz CT molecular complexity index is 544. The standard InChI is InChI=1S/C17H22N2O/c1-4-13-8-6-10-16(18-3)15(13)12-20-17-11-7-9-14(5-2)19-17/h6-11,18H,4-5,12H2,1-3H3. The molecule has 0 bridgehead atoms. The van der Waals surface area contributed by atoms with Crippen LogP contribution in [0.15, 0.2) is 36.4 Å². The van der Waals surface area contributed by atoms with E-state index in [0.717, 1.165) is 24.2 Å². The maximum atomic E-state index is 5.87. The van der Waals surface area contributed by atoms with Gasteiger partial charge in [0.15, 0.2) is 0 Å². The van der Waals surface area contributed by atoms with Crippen molar-refractivity contribution in [1.29, 1.82) is 0 Å². The number of aromatic nitrogens is 1. The quantitative estimate of drug-likeness (QED) is 0.866. The second-order valence-corrected chi connectivity index (χ2v) is 4.66. The Kier molecular flexibility index (Phi) is 4.99. The molecule has 0 aliphatic heterocycles. The number of pyridine rings is 1. The number of benzene rings is 1. The van der Waals surface area contributed by atoms with Crippen molar-refractivity contribution in [3.63, 3.8) is 0 Å². The van der Waals surface area contributed by atoms with Crippen LogP contribution in [0.2, 0.25) is 0 Å². The number of hydrogen-bond donors (Lipinski definition) is 1. The second-order valence-electron chi connectivity index (χ2n) is 4.66. The van der Waals surface area contributed by atoms with Gasteiger partial charge in [0, 0.05) is 30.1 Å². The van der Waals surface area contributed by atoms with E-state index >= 15 is 0 Å². The number of nitrogens with one attached hydrogen (secondary N) is 1. The van der Waals surface area contributed by atoms with Crippen LogP contribution in [0.4, 0.5) is 5.69 Å². The lowest BCUT2D eigenvalue weighted by Gasteiger charge is -2.14. The molecule has 1 aromatic heterocycles. The fraction of sp³-hybridized carbons (Fsp3) is 0.353. The van der Waals surface area contributed by atoms with Gasteiger partial charge in [-0.3, -0.25) is 0 Å². The summed E-state index contributed by atoms with van der Waals surface area (Å²) in [5, 5.41) is 3.23. The first-order valence-electron chi connectivity index (χ1n) is 7.15. The largest absolute Gasteiger partial charge is 0.473 e. The van der Waals surface area contributed by atoms with Crippen LogP contribution in [0.5, 0.6) is 5.88 Å². The Morgan fingerprint density at radius 2 is 1.85 bits per heavy atom. The number of ether oxygens (including phenoxy) is 1. The summed E-state index contributed by atoms with van der Waals surface area (Å²) >= 11 is 0. The molecule has 0 aliphatic rings. The van der Waals surface area contributed by atoms with Gasteiger partial charge in [0.05, 0.1) is 0 Å². The molecular weight excluding hydrogens is 248 g/mol. The molecule has 0 spiro atoms. The summed E-state index contributed by atoms with van der Waals surface area (Å²) < 4.78 is 5.87. The first kappa shape index (κ1) is 14.4. The monoisotopic (exact) mass is 270 g/mol. The molecule has 2 aromatic rings. The molecule has 1 aromatic carbocycles. The number of rotatable bonds is 6. The molecule has 0 radical (unpaired) electrons. The average Bonchev–Trinajstić information content (AvgIpc) is 2.52. The predicted molar refractivity (Wildman–Crippen MR) is 83.3 cm³/mol. The minimum atomic E-state index is 0.542. The summed E-state index contributed by atoms with van der Waals surface area (Å²) in [5.74, 6) is 0.692. The third-order valence-electron chi connectivity index (χ3n) is 3.43. The van der Waals surface area contributed by atoms with Gasteiger partial charge < -0.3 is 10.1 Å². The zero-order valence-electron chi connectivity index (χ0n) is 12.4. The molecule has 0 saturated carbocycles. The van der Waals surface area contributed by atoms with Gasteiger partial charge in [-0.15, -0.1) is 0 Å². The van der Waals surface area contributed by atoms with Crippen LogP contribution in [0.1, 0.15) is 30.7 Å². The molecule has 0 unspecified atom stereocenters. The molecule has 3 nitrogen and oxygen atoms in total. The first-order chi connectivity index (χ1) is 9.78. The van der Waals surface area contributed by atoms with Gasteiger partial charge in [-0.05, 0) is 30.5 Å². The SMILES string of the molecule is CCc1cccc(OCc2c(CC)cccc2NC)n1. The van der Waals surface area contributed by atoms with Crippen LogP contribution in [-0.4, -0.2) is 12.0 Å². The van der Waals surface area contributed by atoms with Crippen LogP contribution < -0.4 is 10.1 Å². The van der Waals surface area contributed by atoms with Gasteiger partial charge >= 0.3 is 0 Å². The van der Waals surface area contributed by atoms with Crippen molar-refractivity contribution in [2.24, 2.45) is 0 Å². The van der Waals surface area contributed by atoms with E-state index in [4.69, 9.17) is 4.74 Å². The molecule has 0 saturated heterocycles. The van der Waals surface area contributed by atoms with Crippen molar-refractivity contribution >= 4 is 5.69 Å². The molecule has 1 heterocycles. The predicted octanol–water partition coefficient (Wildman–Crippen LogP) is 3.83. The minimum absolute atomic E-state index is 0.542. The summed E-state index contributed by atoms with van der Waals surface area (Å²) in [5.41, 5.74) is 4.70. The van der Waals surface area contributed by atoms with Crippen molar-refractivity contribution in [3.05, 3.63) is 53.2 Å². The van der Waals surface area contributed by atoms with Crippen LogP contribution >= 0.6 is 0 Å². The van der Waals surface area contributed by atoms with E-state index in [1.807, 2.05) is 25.2 Å². The van der Waals surface area contributed by atoms with E-state index in [0.29, 0.717) is 12.5 Å². The highest BCUT2D eigenvalue weighted by atomic mass is 16.5. The molecule has 3 heteroatoms. The Balaban J connectivity index is 2.17. The highest BCUT2D eigenvalue weighted by molar-refractivity contribution is 5.54. The molecule has 0 aliphatic carbocycles. The van der Waals surface area contributed by atoms with E-state index < -0.39 is 0 Å². The van der Waals surface area contributed by atoms with Gasteiger partial charge in [-0.25, -0.2) is 4.98 Å². The van der Waals surface area contributed by atoms with Gasteiger partial charge in [0.25, 0.3) is 0 Å². The molecular formula is C17H22N2O. The van der Waals surface area contributed by atoms with Crippen LogP contribution in [-0.2, 0) is 19.4 Å². The summed E-state index contributed by atoms with van der Waals surface area (Å²) in [7, 11) is 1.94. The molecule has 20 heavy (non-hydrogen) atoms. The molecule has 0 amide bonds. The second kappa shape index (κ2) is 6.94. The normalized spacial score (nSPS) is 10.3. The third-order valence-corrected chi connectivity index (χ3v) is 3.43. The topological polar surface area (TPSA) is 34.1 Å².